The highest BCUT2D eigenvalue weighted by atomic mass is 15.3. The van der Waals surface area contributed by atoms with E-state index in [0.29, 0.717) is 18.4 Å². The van der Waals surface area contributed by atoms with Crippen molar-refractivity contribution in [2.75, 3.05) is 19.6 Å². The summed E-state index contributed by atoms with van der Waals surface area (Å²) in [5.41, 5.74) is 6.01. The van der Waals surface area contributed by atoms with Crippen molar-refractivity contribution in [3.63, 3.8) is 0 Å². The number of guanidine groups is 1. The van der Waals surface area contributed by atoms with E-state index in [1.165, 1.54) is 12.8 Å². The summed E-state index contributed by atoms with van der Waals surface area (Å²) in [6, 6.07) is 0. The van der Waals surface area contributed by atoms with Crippen molar-refractivity contribution in [3.8, 4) is 0 Å². The van der Waals surface area contributed by atoms with Gasteiger partial charge in [0.25, 0.3) is 0 Å². The minimum atomic E-state index is 0.653. The van der Waals surface area contributed by atoms with E-state index in [0.717, 1.165) is 25.3 Å². The molecule has 2 rings (SSSR count). The molecule has 0 amide bonds. The lowest BCUT2D eigenvalue weighted by Crippen LogP contribution is -2.43. The molecule has 18 heavy (non-hydrogen) atoms. The van der Waals surface area contributed by atoms with Gasteiger partial charge < -0.3 is 10.6 Å². The van der Waals surface area contributed by atoms with E-state index in [2.05, 4.69) is 26.9 Å². The smallest absolute Gasteiger partial charge is 0.191 e. The Bertz CT molecular complexity index is 410. The van der Waals surface area contributed by atoms with Crippen LogP contribution in [0.2, 0.25) is 0 Å². The van der Waals surface area contributed by atoms with Gasteiger partial charge in [-0.15, -0.1) is 0 Å². The Hall–Kier alpha value is -1.59. The summed E-state index contributed by atoms with van der Waals surface area (Å²) in [7, 11) is 1.86. The van der Waals surface area contributed by atoms with Crippen molar-refractivity contribution in [2.45, 2.75) is 26.2 Å². The highest BCUT2D eigenvalue weighted by Crippen LogP contribution is 2.14. The van der Waals surface area contributed by atoms with E-state index in [9.17, 15) is 0 Å². The number of aromatic nitrogens is 3. The fourth-order valence-corrected chi connectivity index (χ4v) is 2.27. The zero-order chi connectivity index (χ0) is 13.0. The van der Waals surface area contributed by atoms with Crippen LogP contribution >= 0.6 is 0 Å². The SMILES string of the molecule is C[C@H]1CCCN(C(N)=NCCc2ncn(C)n2)C1. The predicted octanol–water partition coefficient (Wildman–Crippen LogP) is 0.404. The Morgan fingerprint density at radius 1 is 1.61 bits per heavy atom. The Balaban J connectivity index is 1.81. The molecule has 1 saturated heterocycles. The summed E-state index contributed by atoms with van der Waals surface area (Å²) < 4.78 is 1.70. The zero-order valence-corrected chi connectivity index (χ0v) is 11.2. The van der Waals surface area contributed by atoms with Gasteiger partial charge in [-0.2, -0.15) is 5.10 Å². The van der Waals surface area contributed by atoms with E-state index >= 15 is 0 Å². The number of rotatable bonds is 3. The minimum Gasteiger partial charge on any atom is -0.370 e. The Morgan fingerprint density at radius 3 is 3.11 bits per heavy atom. The molecule has 2 N–H and O–H groups in total. The van der Waals surface area contributed by atoms with Gasteiger partial charge in [0.1, 0.15) is 6.33 Å². The van der Waals surface area contributed by atoms with Gasteiger partial charge in [0.15, 0.2) is 11.8 Å². The Labute approximate surface area is 108 Å². The second kappa shape index (κ2) is 5.84. The first-order chi connectivity index (χ1) is 8.65. The van der Waals surface area contributed by atoms with Crippen LogP contribution in [0.3, 0.4) is 0 Å². The molecule has 0 aliphatic carbocycles. The maximum atomic E-state index is 6.01. The zero-order valence-electron chi connectivity index (χ0n) is 11.2. The predicted molar refractivity (Wildman–Crippen MR) is 71.2 cm³/mol. The van der Waals surface area contributed by atoms with Gasteiger partial charge in [-0.3, -0.25) is 9.67 Å². The molecule has 1 fully saturated rings. The fourth-order valence-electron chi connectivity index (χ4n) is 2.27. The average molecular weight is 250 g/mol. The molecule has 0 radical (unpaired) electrons. The lowest BCUT2D eigenvalue weighted by Gasteiger charge is -2.31. The number of likely N-dealkylation sites (tertiary alicyclic amines) is 1. The van der Waals surface area contributed by atoms with Gasteiger partial charge in [0.05, 0.1) is 0 Å². The third-order valence-corrected chi connectivity index (χ3v) is 3.24. The molecule has 0 aromatic carbocycles. The largest absolute Gasteiger partial charge is 0.370 e. The van der Waals surface area contributed by atoms with Crippen LogP contribution in [0.1, 0.15) is 25.6 Å². The van der Waals surface area contributed by atoms with Crippen LogP contribution in [0.4, 0.5) is 0 Å². The molecule has 1 aromatic rings. The van der Waals surface area contributed by atoms with Crippen molar-refractivity contribution in [1.82, 2.24) is 19.7 Å². The second-order valence-electron chi connectivity index (χ2n) is 5.02. The lowest BCUT2D eigenvalue weighted by molar-refractivity contribution is 0.270. The van der Waals surface area contributed by atoms with E-state index < -0.39 is 0 Å². The van der Waals surface area contributed by atoms with Crippen LogP contribution in [0.25, 0.3) is 0 Å². The molecule has 1 aliphatic rings. The molecule has 0 saturated carbocycles. The van der Waals surface area contributed by atoms with E-state index in [1.54, 1.807) is 11.0 Å². The van der Waals surface area contributed by atoms with Gasteiger partial charge in [-0.25, -0.2) is 4.98 Å². The van der Waals surface area contributed by atoms with Gasteiger partial charge in [0.2, 0.25) is 0 Å². The molecular weight excluding hydrogens is 228 g/mol. The van der Waals surface area contributed by atoms with Crippen LogP contribution < -0.4 is 5.73 Å². The van der Waals surface area contributed by atoms with Crippen molar-refractivity contribution >= 4 is 5.96 Å². The molecule has 1 atom stereocenters. The molecule has 2 heterocycles. The highest BCUT2D eigenvalue weighted by Gasteiger charge is 2.17. The van der Waals surface area contributed by atoms with Crippen molar-refractivity contribution < 1.29 is 0 Å². The number of aliphatic imine (C=N–C) groups is 1. The van der Waals surface area contributed by atoms with E-state index in [-0.39, 0.29) is 0 Å². The number of aryl methyl sites for hydroxylation is 1. The maximum Gasteiger partial charge on any atom is 0.191 e. The summed E-state index contributed by atoms with van der Waals surface area (Å²) >= 11 is 0. The standard InChI is InChI=1S/C12H22N6/c1-10-4-3-7-18(8-10)12(13)14-6-5-11-15-9-17(2)16-11/h9-10H,3-8H2,1-2H3,(H2,13,14)/t10-/m0/s1. The number of piperidine rings is 1. The highest BCUT2D eigenvalue weighted by molar-refractivity contribution is 5.78. The van der Waals surface area contributed by atoms with Crippen molar-refractivity contribution in [3.05, 3.63) is 12.2 Å². The lowest BCUT2D eigenvalue weighted by atomic mass is 10.0. The topological polar surface area (TPSA) is 72.3 Å². The number of hydrogen-bond acceptors (Lipinski definition) is 3. The third-order valence-electron chi connectivity index (χ3n) is 3.24. The molecule has 0 spiro atoms. The maximum absolute atomic E-state index is 6.01. The first-order valence-electron chi connectivity index (χ1n) is 6.54. The molecule has 0 bridgehead atoms. The van der Waals surface area contributed by atoms with Crippen LogP contribution in [0, 0.1) is 5.92 Å². The first-order valence-corrected chi connectivity index (χ1v) is 6.54. The third kappa shape index (κ3) is 3.45. The molecule has 1 aliphatic heterocycles. The molecule has 6 nitrogen and oxygen atoms in total. The van der Waals surface area contributed by atoms with Gasteiger partial charge in [-0.1, -0.05) is 6.92 Å². The van der Waals surface area contributed by atoms with Crippen LogP contribution in [-0.2, 0) is 13.5 Å². The van der Waals surface area contributed by atoms with Crippen molar-refractivity contribution in [1.29, 1.82) is 0 Å². The summed E-state index contributed by atoms with van der Waals surface area (Å²) in [6.45, 7) is 4.97. The molecular formula is C12H22N6. The first kappa shape index (κ1) is 12.9. The summed E-state index contributed by atoms with van der Waals surface area (Å²) in [5.74, 6) is 2.20. The van der Waals surface area contributed by atoms with Crippen molar-refractivity contribution in [2.24, 2.45) is 23.7 Å². The summed E-state index contributed by atoms with van der Waals surface area (Å²) in [4.78, 5) is 10.8. The molecule has 1 aromatic heterocycles. The average Bonchev–Trinajstić information content (AvgIpc) is 2.75. The second-order valence-corrected chi connectivity index (χ2v) is 5.02. The minimum absolute atomic E-state index is 0.653. The Kier molecular flexibility index (Phi) is 4.17. The normalized spacial score (nSPS) is 21.3. The van der Waals surface area contributed by atoms with Crippen LogP contribution in [0.5, 0.6) is 0 Å². The monoisotopic (exact) mass is 250 g/mol. The quantitative estimate of drug-likeness (QED) is 0.623. The van der Waals surface area contributed by atoms with Gasteiger partial charge in [0, 0.05) is 33.1 Å². The van der Waals surface area contributed by atoms with Crippen LogP contribution in [-0.4, -0.2) is 45.3 Å². The number of hydrogen-bond donors (Lipinski definition) is 1. The van der Waals surface area contributed by atoms with Gasteiger partial charge >= 0.3 is 0 Å². The van der Waals surface area contributed by atoms with Gasteiger partial charge in [-0.05, 0) is 18.8 Å². The molecule has 100 valence electrons. The summed E-state index contributed by atoms with van der Waals surface area (Å²) in [6.07, 6.45) is 4.94. The van der Waals surface area contributed by atoms with E-state index in [1.807, 2.05) is 7.05 Å². The van der Waals surface area contributed by atoms with Crippen LogP contribution in [0.15, 0.2) is 11.3 Å². The Morgan fingerprint density at radius 2 is 2.44 bits per heavy atom. The summed E-state index contributed by atoms with van der Waals surface area (Å²) in [5, 5.41) is 4.21. The molecule has 6 heteroatoms. The number of nitrogens with two attached hydrogens (primary N) is 1. The van der Waals surface area contributed by atoms with E-state index in [4.69, 9.17) is 5.73 Å². The fraction of sp³-hybridized carbons (Fsp3) is 0.750. The number of nitrogens with zero attached hydrogens (tertiary/aromatic N) is 5. The molecule has 0 unspecified atom stereocenters.